The van der Waals surface area contributed by atoms with Gasteiger partial charge in [-0.2, -0.15) is 11.8 Å². The fraction of sp³-hybridized carbons (Fsp3) is 0.857. The summed E-state index contributed by atoms with van der Waals surface area (Å²) in [6.45, 7) is 1.12. The van der Waals surface area contributed by atoms with Gasteiger partial charge in [0, 0.05) is 35.4 Å². The maximum absolute atomic E-state index is 11.7. The third-order valence-corrected chi connectivity index (χ3v) is 5.66. The maximum Gasteiger partial charge on any atom is 0.315 e. The number of fused-ring (bicyclic) bond motifs is 1. The van der Waals surface area contributed by atoms with Gasteiger partial charge in [-0.3, -0.25) is 4.79 Å². The van der Waals surface area contributed by atoms with Crippen LogP contribution in [0.1, 0.15) is 38.5 Å². The zero-order valence-electron chi connectivity index (χ0n) is 13.2. The molecule has 0 aliphatic carbocycles. The molecule has 2 saturated heterocycles. The molecule has 9 heteroatoms. The van der Waals surface area contributed by atoms with E-state index < -0.39 is 0 Å². The monoisotopic (exact) mass is 340 g/mol. The van der Waals surface area contributed by atoms with E-state index in [-0.39, 0.29) is 24.0 Å². The van der Waals surface area contributed by atoms with Crippen molar-refractivity contribution >= 4 is 23.7 Å². The number of amides is 3. The Balaban J connectivity index is 1.48. The largest absolute Gasteiger partial charge is 0.356 e. The molecule has 3 unspecified atom stereocenters. The van der Waals surface area contributed by atoms with E-state index in [1.54, 1.807) is 0 Å². The van der Waals surface area contributed by atoms with Crippen LogP contribution in [0.15, 0.2) is 5.11 Å². The average molecular weight is 340 g/mol. The summed E-state index contributed by atoms with van der Waals surface area (Å²) in [5.41, 5.74) is 8.14. The van der Waals surface area contributed by atoms with E-state index in [0.717, 1.165) is 37.9 Å². The van der Waals surface area contributed by atoms with Gasteiger partial charge in [-0.25, -0.2) is 4.79 Å². The first-order chi connectivity index (χ1) is 11.2. The van der Waals surface area contributed by atoms with Crippen LogP contribution in [0.4, 0.5) is 4.79 Å². The number of hydrogen-bond acceptors (Lipinski definition) is 4. The SMILES string of the molecule is [N-]=[N+]=NCCCCNC(=O)CCCCC1SCC2NC(=O)NC21. The van der Waals surface area contributed by atoms with Crippen LogP contribution < -0.4 is 16.0 Å². The number of nitrogens with one attached hydrogen (secondary N) is 3. The summed E-state index contributed by atoms with van der Waals surface area (Å²) in [6, 6.07) is 0.466. The number of unbranched alkanes of at least 4 members (excludes halogenated alkanes) is 2. The summed E-state index contributed by atoms with van der Waals surface area (Å²) in [4.78, 5) is 25.7. The van der Waals surface area contributed by atoms with Crippen LogP contribution in [-0.4, -0.2) is 48.1 Å². The van der Waals surface area contributed by atoms with E-state index in [1.165, 1.54) is 0 Å². The summed E-state index contributed by atoms with van der Waals surface area (Å²) in [5.74, 6) is 1.06. The van der Waals surface area contributed by atoms with E-state index in [0.29, 0.717) is 24.8 Å². The lowest BCUT2D eigenvalue weighted by Crippen LogP contribution is -2.36. The number of carbonyl (C=O) groups excluding carboxylic acids is 2. The number of urea groups is 1. The Morgan fingerprint density at radius 2 is 2.22 bits per heavy atom. The van der Waals surface area contributed by atoms with Crippen molar-refractivity contribution < 1.29 is 9.59 Å². The molecular weight excluding hydrogens is 316 g/mol. The summed E-state index contributed by atoms with van der Waals surface area (Å²) in [5, 5.41) is 12.7. The van der Waals surface area contributed by atoms with Crippen molar-refractivity contribution in [3.63, 3.8) is 0 Å². The molecule has 3 N–H and O–H groups in total. The van der Waals surface area contributed by atoms with Gasteiger partial charge in [-0.05, 0) is 31.2 Å². The molecule has 0 saturated carbocycles. The quantitative estimate of drug-likeness (QED) is 0.185. The standard InChI is InChI=1S/C14H24N6O2S/c15-20-17-8-4-3-7-16-12(21)6-2-1-5-11-13-10(9-23-11)18-14(22)19-13/h10-11,13H,1-9H2,(H,16,21)(H2,18,19,22). The minimum Gasteiger partial charge on any atom is -0.356 e. The molecule has 0 spiro atoms. The molecule has 3 atom stereocenters. The molecule has 0 radical (unpaired) electrons. The fourth-order valence-electron chi connectivity index (χ4n) is 2.94. The summed E-state index contributed by atoms with van der Waals surface area (Å²) in [7, 11) is 0. The molecule has 2 rings (SSSR count). The van der Waals surface area contributed by atoms with Crippen molar-refractivity contribution in [1.29, 1.82) is 0 Å². The Hall–Kier alpha value is -1.60. The van der Waals surface area contributed by atoms with Gasteiger partial charge in [-0.15, -0.1) is 0 Å². The van der Waals surface area contributed by atoms with Crippen LogP contribution in [0, 0.1) is 0 Å². The predicted octanol–water partition coefficient (Wildman–Crippen LogP) is 1.92. The van der Waals surface area contributed by atoms with Gasteiger partial charge in [0.1, 0.15) is 0 Å². The summed E-state index contributed by atoms with van der Waals surface area (Å²) in [6.07, 6.45) is 5.09. The highest BCUT2D eigenvalue weighted by Crippen LogP contribution is 2.33. The molecule has 0 aromatic carbocycles. The summed E-state index contributed by atoms with van der Waals surface area (Å²) >= 11 is 1.91. The zero-order valence-corrected chi connectivity index (χ0v) is 14.0. The van der Waals surface area contributed by atoms with E-state index >= 15 is 0 Å². The molecule has 2 fully saturated rings. The first kappa shape index (κ1) is 17.7. The van der Waals surface area contributed by atoms with Crippen molar-refractivity contribution in [3.05, 3.63) is 10.4 Å². The third kappa shape index (κ3) is 5.84. The summed E-state index contributed by atoms with van der Waals surface area (Å²) < 4.78 is 0. The number of azide groups is 1. The van der Waals surface area contributed by atoms with Crippen LogP contribution in [0.5, 0.6) is 0 Å². The van der Waals surface area contributed by atoms with Gasteiger partial charge >= 0.3 is 6.03 Å². The van der Waals surface area contributed by atoms with Crippen molar-refractivity contribution in [3.8, 4) is 0 Å². The first-order valence-corrected chi connectivity index (χ1v) is 9.22. The van der Waals surface area contributed by atoms with Crippen molar-refractivity contribution in [1.82, 2.24) is 16.0 Å². The van der Waals surface area contributed by atoms with E-state index in [2.05, 4.69) is 26.0 Å². The van der Waals surface area contributed by atoms with Gasteiger partial charge in [0.2, 0.25) is 5.91 Å². The highest BCUT2D eigenvalue weighted by atomic mass is 32.2. The Morgan fingerprint density at radius 3 is 3.04 bits per heavy atom. The first-order valence-electron chi connectivity index (χ1n) is 8.17. The number of rotatable bonds is 10. The smallest absolute Gasteiger partial charge is 0.315 e. The zero-order chi connectivity index (χ0) is 16.5. The van der Waals surface area contributed by atoms with Crippen LogP contribution >= 0.6 is 11.8 Å². The Bertz CT molecular complexity index is 468. The van der Waals surface area contributed by atoms with Crippen molar-refractivity contribution in [2.75, 3.05) is 18.8 Å². The van der Waals surface area contributed by atoms with E-state index in [4.69, 9.17) is 5.53 Å². The van der Waals surface area contributed by atoms with Crippen LogP contribution in [0.3, 0.4) is 0 Å². The van der Waals surface area contributed by atoms with Crippen molar-refractivity contribution in [2.45, 2.75) is 55.9 Å². The number of thioether (sulfide) groups is 1. The van der Waals surface area contributed by atoms with Gasteiger partial charge < -0.3 is 16.0 Å². The van der Waals surface area contributed by atoms with Crippen LogP contribution in [-0.2, 0) is 4.79 Å². The highest BCUT2D eigenvalue weighted by Gasteiger charge is 2.42. The van der Waals surface area contributed by atoms with Crippen LogP contribution in [0.25, 0.3) is 10.4 Å². The molecule has 2 aliphatic rings. The second kappa shape index (κ2) is 9.52. The second-order valence-electron chi connectivity index (χ2n) is 5.88. The van der Waals surface area contributed by atoms with Gasteiger partial charge in [0.25, 0.3) is 0 Å². The molecule has 2 heterocycles. The predicted molar refractivity (Wildman–Crippen MR) is 90.2 cm³/mol. The lowest BCUT2D eigenvalue weighted by atomic mass is 10.0. The molecular formula is C14H24N6O2S. The third-order valence-electron chi connectivity index (χ3n) is 4.15. The average Bonchev–Trinajstić information content (AvgIpc) is 3.07. The topological polar surface area (TPSA) is 119 Å². The van der Waals surface area contributed by atoms with Gasteiger partial charge in [0.15, 0.2) is 0 Å². The molecule has 128 valence electrons. The second-order valence-corrected chi connectivity index (χ2v) is 7.15. The van der Waals surface area contributed by atoms with Gasteiger partial charge in [-0.1, -0.05) is 11.5 Å². The van der Waals surface area contributed by atoms with Crippen LogP contribution in [0.2, 0.25) is 0 Å². The molecule has 0 aromatic rings. The maximum atomic E-state index is 11.7. The number of nitrogens with zero attached hydrogens (tertiary/aromatic N) is 3. The lowest BCUT2D eigenvalue weighted by molar-refractivity contribution is -0.121. The number of hydrogen-bond donors (Lipinski definition) is 3. The van der Waals surface area contributed by atoms with Gasteiger partial charge in [0.05, 0.1) is 12.1 Å². The van der Waals surface area contributed by atoms with Crippen molar-refractivity contribution in [2.24, 2.45) is 5.11 Å². The normalized spacial score (nSPS) is 25.2. The van der Waals surface area contributed by atoms with E-state index in [1.807, 2.05) is 11.8 Å². The minimum atomic E-state index is -0.0508. The molecule has 2 aliphatic heterocycles. The Labute approximate surface area is 140 Å². The molecule has 0 bridgehead atoms. The molecule has 0 aromatic heterocycles. The Morgan fingerprint density at radius 1 is 1.35 bits per heavy atom. The molecule has 23 heavy (non-hydrogen) atoms. The highest BCUT2D eigenvalue weighted by molar-refractivity contribution is 8.00. The molecule has 8 nitrogen and oxygen atoms in total. The minimum absolute atomic E-state index is 0.0508. The fourth-order valence-corrected chi connectivity index (χ4v) is 4.49. The Kier molecular flexibility index (Phi) is 7.35. The molecule has 3 amide bonds. The lowest BCUT2D eigenvalue weighted by Gasteiger charge is -2.16. The number of carbonyl (C=O) groups is 2. The van der Waals surface area contributed by atoms with E-state index in [9.17, 15) is 9.59 Å².